The molecule has 0 aromatic carbocycles. The van der Waals surface area contributed by atoms with E-state index in [4.69, 9.17) is 5.73 Å². The summed E-state index contributed by atoms with van der Waals surface area (Å²) in [5, 5.41) is 0. The minimum Gasteiger partial charge on any atom is -0.336 e. The molecule has 2 rings (SSSR count). The third-order valence-electron chi connectivity index (χ3n) is 3.79. The van der Waals surface area contributed by atoms with Crippen molar-refractivity contribution < 1.29 is 9.18 Å². The predicted molar refractivity (Wildman–Crippen MR) is 79.4 cm³/mol. The second-order valence-electron chi connectivity index (χ2n) is 5.38. The summed E-state index contributed by atoms with van der Waals surface area (Å²) < 4.78 is 13.1. The number of rotatable bonds is 6. The molecule has 6 heteroatoms. The molecule has 1 aliphatic rings. The van der Waals surface area contributed by atoms with Crippen molar-refractivity contribution in [3.63, 3.8) is 0 Å². The largest absolute Gasteiger partial charge is 0.336 e. The van der Waals surface area contributed by atoms with E-state index in [2.05, 4.69) is 9.88 Å². The van der Waals surface area contributed by atoms with Crippen LogP contribution in [0.4, 0.5) is 4.39 Å². The van der Waals surface area contributed by atoms with Crippen molar-refractivity contribution in [2.24, 2.45) is 5.73 Å². The first kappa shape index (κ1) is 15.9. The lowest BCUT2D eigenvalue weighted by molar-refractivity contribution is 0.0634. The Balaban J connectivity index is 1.77. The van der Waals surface area contributed by atoms with Crippen molar-refractivity contribution in [3.05, 3.63) is 29.8 Å². The van der Waals surface area contributed by atoms with Crippen LogP contribution < -0.4 is 5.73 Å². The van der Waals surface area contributed by atoms with Crippen LogP contribution in [0.25, 0.3) is 0 Å². The van der Waals surface area contributed by atoms with Gasteiger partial charge in [0.05, 0.1) is 11.8 Å². The molecule has 21 heavy (non-hydrogen) atoms. The van der Waals surface area contributed by atoms with Gasteiger partial charge in [0.15, 0.2) is 0 Å². The van der Waals surface area contributed by atoms with Crippen molar-refractivity contribution in [2.75, 3.05) is 39.3 Å². The van der Waals surface area contributed by atoms with E-state index < -0.39 is 5.82 Å². The minimum absolute atomic E-state index is 0.134. The molecular formula is C15H23FN4O. The first-order valence-corrected chi connectivity index (χ1v) is 7.53. The van der Waals surface area contributed by atoms with Crippen LogP contribution in [-0.2, 0) is 0 Å². The van der Waals surface area contributed by atoms with Crippen molar-refractivity contribution >= 4 is 5.91 Å². The fourth-order valence-corrected chi connectivity index (χ4v) is 2.54. The summed E-state index contributed by atoms with van der Waals surface area (Å²) in [7, 11) is 0. The fraction of sp³-hybridized carbons (Fsp3) is 0.600. The predicted octanol–water partition coefficient (Wildman–Crippen LogP) is 1.11. The van der Waals surface area contributed by atoms with Gasteiger partial charge in [-0.15, -0.1) is 0 Å². The number of carbonyl (C=O) groups excluding carboxylic acids is 1. The van der Waals surface area contributed by atoms with Gasteiger partial charge in [-0.2, -0.15) is 0 Å². The van der Waals surface area contributed by atoms with Crippen molar-refractivity contribution in [1.82, 2.24) is 14.8 Å². The van der Waals surface area contributed by atoms with E-state index in [1.165, 1.54) is 12.3 Å². The molecule has 1 aromatic heterocycles. The quantitative estimate of drug-likeness (QED) is 0.798. The van der Waals surface area contributed by atoms with Crippen LogP contribution in [-0.4, -0.2) is 60.0 Å². The second-order valence-corrected chi connectivity index (χ2v) is 5.38. The SMILES string of the molecule is NCCCCCN1CCN(C(=O)c2cncc(F)c2)CC1. The van der Waals surface area contributed by atoms with Gasteiger partial charge < -0.3 is 10.6 Å². The van der Waals surface area contributed by atoms with Crippen LogP contribution >= 0.6 is 0 Å². The highest BCUT2D eigenvalue weighted by molar-refractivity contribution is 5.93. The van der Waals surface area contributed by atoms with E-state index in [-0.39, 0.29) is 5.91 Å². The third kappa shape index (κ3) is 4.75. The molecule has 0 radical (unpaired) electrons. The molecule has 0 bridgehead atoms. The summed E-state index contributed by atoms with van der Waals surface area (Å²) in [4.78, 5) is 20.1. The Morgan fingerprint density at radius 3 is 2.62 bits per heavy atom. The summed E-state index contributed by atoms with van der Waals surface area (Å²) in [6.45, 7) is 4.93. The van der Waals surface area contributed by atoms with Crippen LogP contribution in [0.1, 0.15) is 29.6 Å². The lowest BCUT2D eigenvalue weighted by Gasteiger charge is -2.34. The van der Waals surface area contributed by atoms with Crippen LogP contribution in [0.5, 0.6) is 0 Å². The van der Waals surface area contributed by atoms with Gasteiger partial charge in [0.25, 0.3) is 5.91 Å². The lowest BCUT2D eigenvalue weighted by atomic mass is 10.2. The third-order valence-corrected chi connectivity index (χ3v) is 3.79. The van der Waals surface area contributed by atoms with Crippen molar-refractivity contribution in [1.29, 1.82) is 0 Å². The van der Waals surface area contributed by atoms with Crippen LogP contribution in [0.3, 0.4) is 0 Å². The first-order valence-electron chi connectivity index (χ1n) is 7.53. The zero-order valence-electron chi connectivity index (χ0n) is 12.3. The van der Waals surface area contributed by atoms with Gasteiger partial charge in [0.1, 0.15) is 5.82 Å². The molecular weight excluding hydrogens is 271 g/mol. The number of amides is 1. The summed E-state index contributed by atoms with van der Waals surface area (Å²) in [6, 6.07) is 1.24. The summed E-state index contributed by atoms with van der Waals surface area (Å²) in [5.41, 5.74) is 5.80. The molecule has 0 spiro atoms. The molecule has 1 saturated heterocycles. The van der Waals surface area contributed by atoms with Crippen LogP contribution in [0.2, 0.25) is 0 Å². The van der Waals surface area contributed by atoms with E-state index in [0.717, 1.165) is 51.6 Å². The van der Waals surface area contributed by atoms with E-state index in [1.54, 1.807) is 4.90 Å². The molecule has 0 saturated carbocycles. The van der Waals surface area contributed by atoms with Gasteiger partial charge in [0, 0.05) is 32.4 Å². The number of hydrogen-bond donors (Lipinski definition) is 1. The molecule has 1 fully saturated rings. The molecule has 1 aliphatic heterocycles. The highest BCUT2D eigenvalue weighted by atomic mass is 19.1. The number of hydrogen-bond acceptors (Lipinski definition) is 4. The van der Waals surface area contributed by atoms with Gasteiger partial charge in [-0.25, -0.2) is 4.39 Å². The van der Waals surface area contributed by atoms with Crippen LogP contribution in [0, 0.1) is 5.82 Å². The topological polar surface area (TPSA) is 62.5 Å². The van der Waals surface area contributed by atoms with Gasteiger partial charge in [0.2, 0.25) is 0 Å². The normalized spacial score (nSPS) is 16.2. The summed E-state index contributed by atoms with van der Waals surface area (Å²) >= 11 is 0. The number of nitrogens with two attached hydrogens (primary N) is 1. The van der Waals surface area contributed by atoms with Gasteiger partial charge in [-0.05, 0) is 32.0 Å². The molecule has 116 valence electrons. The minimum atomic E-state index is -0.473. The maximum Gasteiger partial charge on any atom is 0.255 e. The van der Waals surface area contributed by atoms with Gasteiger partial charge in [-0.3, -0.25) is 14.7 Å². The highest BCUT2D eigenvalue weighted by Gasteiger charge is 2.22. The van der Waals surface area contributed by atoms with E-state index in [1.807, 2.05) is 0 Å². The Hall–Kier alpha value is -1.53. The number of unbranched alkanes of at least 4 members (excludes halogenated alkanes) is 2. The van der Waals surface area contributed by atoms with Gasteiger partial charge >= 0.3 is 0 Å². The fourth-order valence-electron chi connectivity index (χ4n) is 2.54. The average Bonchev–Trinajstić information content (AvgIpc) is 2.51. The standard InChI is InChI=1S/C15H23FN4O/c16-14-10-13(11-18-12-14)15(21)20-8-6-19(7-9-20)5-3-1-2-4-17/h10-12H,1-9,17H2. The maximum atomic E-state index is 13.1. The van der Waals surface area contributed by atoms with E-state index >= 15 is 0 Å². The number of nitrogens with zero attached hydrogens (tertiary/aromatic N) is 3. The number of carbonyl (C=O) groups is 1. The van der Waals surface area contributed by atoms with E-state index in [9.17, 15) is 9.18 Å². The molecule has 1 aromatic rings. The second kappa shape index (κ2) is 8.05. The molecule has 5 nitrogen and oxygen atoms in total. The molecule has 1 amide bonds. The summed E-state index contributed by atoms with van der Waals surface area (Å²) in [6.07, 6.45) is 5.91. The Kier molecular flexibility index (Phi) is 6.07. The molecule has 2 heterocycles. The first-order chi connectivity index (χ1) is 10.2. The maximum absolute atomic E-state index is 13.1. The molecule has 0 unspecified atom stereocenters. The smallest absolute Gasteiger partial charge is 0.255 e. The highest BCUT2D eigenvalue weighted by Crippen LogP contribution is 2.10. The molecule has 2 N–H and O–H groups in total. The Morgan fingerprint density at radius 2 is 1.95 bits per heavy atom. The average molecular weight is 294 g/mol. The lowest BCUT2D eigenvalue weighted by Crippen LogP contribution is -2.48. The van der Waals surface area contributed by atoms with Gasteiger partial charge in [-0.1, -0.05) is 6.42 Å². The number of pyridine rings is 1. The van der Waals surface area contributed by atoms with Crippen molar-refractivity contribution in [2.45, 2.75) is 19.3 Å². The van der Waals surface area contributed by atoms with Crippen LogP contribution in [0.15, 0.2) is 18.5 Å². The molecule has 0 aliphatic carbocycles. The number of halogens is 1. The number of aromatic nitrogens is 1. The zero-order valence-corrected chi connectivity index (χ0v) is 12.3. The Bertz CT molecular complexity index is 461. The Labute approximate surface area is 124 Å². The van der Waals surface area contributed by atoms with Crippen molar-refractivity contribution in [3.8, 4) is 0 Å². The van der Waals surface area contributed by atoms with E-state index in [0.29, 0.717) is 18.7 Å². The number of piperazine rings is 1. The summed E-state index contributed by atoms with van der Waals surface area (Å²) in [5.74, 6) is -0.607. The monoisotopic (exact) mass is 294 g/mol. The molecule has 0 atom stereocenters. The Morgan fingerprint density at radius 1 is 1.19 bits per heavy atom. The zero-order chi connectivity index (χ0) is 15.1.